The molecule has 0 fully saturated rings. The molecular formula is C14H15N3O4. The molecule has 2 N–H and O–H groups in total. The lowest BCUT2D eigenvalue weighted by atomic mass is 10.1. The van der Waals surface area contributed by atoms with E-state index in [1.807, 2.05) is 0 Å². The Morgan fingerprint density at radius 1 is 1.38 bits per heavy atom. The van der Waals surface area contributed by atoms with Crippen LogP contribution in [0.15, 0.2) is 23.1 Å². The Morgan fingerprint density at radius 2 is 2.10 bits per heavy atom. The summed E-state index contributed by atoms with van der Waals surface area (Å²) in [6, 6.07) is 2.46. The van der Waals surface area contributed by atoms with Gasteiger partial charge in [0, 0.05) is 11.9 Å². The number of rotatable bonds is 3. The minimum Gasteiger partial charge on any atom is -0.467 e. The zero-order chi connectivity index (χ0) is 15.6. The van der Waals surface area contributed by atoms with Gasteiger partial charge >= 0.3 is 5.97 Å². The maximum absolute atomic E-state index is 12.3. The van der Waals surface area contributed by atoms with Crippen LogP contribution in [0.4, 0.5) is 0 Å². The van der Waals surface area contributed by atoms with Crippen LogP contribution in [0, 0.1) is 6.92 Å². The number of carbonyl (C=O) groups is 2. The van der Waals surface area contributed by atoms with Gasteiger partial charge in [-0.3, -0.25) is 9.59 Å². The van der Waals surface area contributed by atoms with Gasteiger partial charge in [0.1, 0.15) is 17.3 Å². The molecule has 0 radical (unpaired) electrons. The number of aryl methyl sites for hydroxylation is 1. The number of amides is 1. The van der Waals surface area contributed by atoms with Gasteiger partial charge in [0.2, 0.25) is 5.43 Å². The maximum atomic E-state index is 12.3. The molecule has 1 unspecified atom stereocenters. The van der Waals surface area contributed by atoms with E-state index < -0.39 is 23.3 Å². The fourth-order valence-corrected chi connectivity index (χ4v) is 1.88. The van der Waals surface area contributed by atoms with E-state index in [9.17, 15) is 14.4 Å². The first kappa shape index (κ1) is 14.7. The quantitative estimate of drug-likeness (QED) is 0.802. The molecule has 7 nitrogen and oxygen atoms in total. The van der Waals surface area contributed by atoms with Gasteiger partial charge in [0.25, 0.3) is 5.91 Å². The summed E-state index contributed by atoms with van der Waals surface area (Å²) in [5.41, 5.74) is 0.655. The molecule has 21 heavy (non-hydrogen) atoms. The third-order valence-electron chi connectivity index (χ3n) is 3.02. The first-order chi connectivity index (χ1) is 9.93. The molecule has 0 aliphatic rings. The Kier molecular flexibility index (Phi) is 4.02. The van der Waals surface area contributed by atoms with Crippen LogP contribution in [0.5, 0.6) is 0 Å². The van der Waals surface area contributed by atoms with Gasteiger partial charge in [-0.05, 0) is 26.0 Å². The highest BCUT2D eigenvalue weighted by molar-refractivity contribution is 5.98. The molecule has 0 spiro atoms. The second-order valence-corrected chi connectivity index (χ2v) is 4.60. The van der Waals surface area contributed by atoms with Crippen LogP contribution in [0.3, 0.4) is 0 Å². The second kappa shape index (κ2) is 5.74. The molecule has 0 bridgehead atoms. The van der Waals surface area contributed by atoms with Crippen LogP contribution in [0.2, 0.25) is 0 Å². The number of nitrogens with zero attached hydrogens (tertiary/aromatic N) is 1. The molecule has 0 saturated carbocycles. The summed E-state index contributed by atoms with van der Waals surface area (Å²) in [6.45, 7) is 3.28. The predicted octanol–water partition coefficient (Wildman–Crippen LogP) is 0.523. The first-order valence-corrected chi connectivity index (χ1v) is 6.31. The lowest BCUT2D eigenvalue weighted by Crippen LogP contribution is -2.40. The summed E-state index contributed by atoms with van der Waals surface area (Å²) in [5, 5.41) is 2.73. The number of ether oxygens (including phenoxy) is 1. The van der Waals surface area contributed by atoms with Gasteiger partial charge in [-0.1, -0.05) is 0 Å². The van der Waals surface area contributed by atoms with E-state index in [0.717, 1.165) is 5.69 Å². The zero-order valence-corrected chi connectivity index (χ0v) is 11.9. The highest BCUT2D eigenvalue weighted by Crippen LogP contribution is 2.06. The largest absolute Gasteiger partial charge is 0.467 e. The number of methoxy groups -OCH3 is 1. The molecular weight excluding hydrogens is 274 g/mol. The number of hydrogen-bond acceptors (Lipinski definition) is 5. The van der Waals surface area contributed by atoms with Gasteiger partial charge in [0.05, 0.1) is 12.5 Å². The Morgan fingerprint density at radius 3 is 2.76 bits per heavy atom. The summed E-state index contributed by atoms with van der Waals surface area (Å²) in [7, 11) is 1.22. The van der Waals surface area contributed by atoms with Crippen LogP contribution in [0.25, 0.3) is 11.0 Å². The van der Waals surface area contributed by atoms with Crippen molar-refractivity contribution in [3.63, 3.8) is 0 Å². The van der Waals surface area contributed by atoms with Crippen LogP contribution >= 0.6 is 0 Å². The summed E-state index contributed by atoms with van der Waals surface area (Å²) in [6.07, 6.45) is 1.29. The number of pyridine rings is 2. The van der Waals surface area contributed by atoms with Gasteiger partial charge < -0.3 is 15.0 Å². The number of hydrogen-bond donors (Lipinski definition) is 2. The van der Waals surface area contributed by atoms with Gasteiger partial charge in [-0.15, -0.1) is 0 Å². The zero-order valence-electron chi connectivity index (χ0n) is 11.9. The van der Waals surface area contributed by atoms with Gasteiger partial charge in [-0.2, -0.15) is 0 Å². The van der Waals surface area contributed by atoms with E-state index in [4.69, 9.17) is 0 Å². The highest BCUT2D eigenvalue weighted by Gasteiger charge is 2.19. The summed E-state index contributed by atoms with van der Waals surface area (Å²) in [4.78, 5) is 42.6. The molecule has 110 valence electrons. The number of nitrogens with one attached hydrogen (secondary N) is 2. The number of esters is 1. The molecule has 2 heterocycles. The minimum absolute atomic E-state index is 0.0797. The van der Waals surface area contributed by atoms with E-state index in [1.54, 1.807) is 19.1 Å². The molecule has 0 aliphatic heterocycles. The Bertz CT molecular complexity index is 766. The van der Waals surface area contributed by atoms with Gasteiger partial charge in [-0.25, -0.2) is 9.78 Å². The van der Waals surface area contributed by atoms with Crippen molar-refractivity contribution in [2.24, 2.45) is 0 Å². The standard InChI is InChI=1S/C14H15N3O4/c1-7-4-5-9-11(18)10(6-15-12(9)16-7)13(19)17-8(2)14(20)21-3/h4-6,8H,1-3H3,(H,17,19)(H,15,16,18). The van der Waals surface area contributed by atoms with E-state index in [1.165, 1.54) is 20.2 Å². The summed E-state index contributed by atoms with van der Waals surface area (Å²) < 4.78 is 4.51. The fraction of sp³-hybridized carbons (Fsp3) is 0.286. The molecule has 0 saturated heterocycles. The average Bonchev–Trinajstić information content (AvgIpc) is 2.46. The highest BCUT2D eigenvalue weighted by atomic mass is 16.5. The predicted molar refractivity (Wildman–Crippen MR) is 76.0 cm³/mol. The smallest absolute Gasteiger partial charge is 0.328 e. The fourth-order valence-electron chi connectivity index (χ4n) is 1.88. The van der Waals surface area contributed by atoms with Gasteiger partial charge in [0.15, 0.2) is 0 Å². The number of aromatic amines is 1. The van der Waals surface area contributed by atoms with Crippen molar-refractivity contribution in [2.45, 2.75) is 19.9 Å². The molecule has 0 aromatic carbocycles. The van der Waals surface area contributed by atoms with E-state index in [2.05, 4.69) is 20.0 Å². The molecule has 2 aromatic rings. The molecule has 0 aliphatic carbocycles. The monoisotopic (exact) mass is 289 g/mol. The molecule has 2 aromatic heterocycles. The van der Waals surface area contributed by atoms with Crippen LogP contribution in [-0.4, -0.2) is 35.0 Å². The maximum Gasteiger partial charge on any atom is 0.328 e. The van der Waals surface area contributed by atoms with Crippen LogP contribution in [-0.2, 0) is 9.53 Å². The second-order valence-electron chi connectivity index (χ2n) is 4.60. The Labute approximate surface area is 120 Å². The molecule has 1 atom stereocenters. The third-order valence-corrected chi connectivity index (χ3v) is 3.02. The minimum atomic E-state index is -0.839. The van der Waals surface area contributed by atoms with Crippen molar-refractivity contribution in [2.75, 3.05) is 7.11 Å². The van der Waals surface area contributed by atoms with Crippen molar-refractivity contribution in [1.29, 1.82) is 0 Å². The molecule has 2 rings (SSSR count). The number of aromatic nitrogens is 2. The van der Waals surface area contributed by atoms with E-state index >= 15 is 0 Å². The SMILES string of the molecule is COC(=O)C(C)NC(=O)c1c[nH]c2nc(C)ccc2c1=O. The number of H-pyrrole nitrogens is 1. The Hall–Kier alpha value is -2.70. The summed E-state index contributed by atoms with van der Waals surface area (Å²) >= 11 is 0. The summed E-state index contributed by atoms with van der Waals surface area (Å²) in [5.74, 6) is -1.23. The van der Waals surface area contributed by atoms with Crippen LogP contribution in [0.1, 0.15) is 23.0 Å². The van der Waals surface area contributed by atoms with Crippen LogP contribution < -0.4 is 10.7 Å². The average molecular weight is 289 g/mol. The number of carbonyl (C=O) groups excluding carboxylic acids is 2. The number of fused-ring (bicyclic) bond motifs is 1. The van der Waals surface area contributed by atoms with Crippen molar-refractivity contribution in [3.8, 4) is 0 Å². The van der Waals surface area contributed by atoms with E-state index in [-0.39, 0.29) is 5.56 Å². The topological polar surface area (TPSA) is 101 Å². The van der Waals surface area contributed by atoms with Crippen molar-refractivity contribution < 1.29 is 14.3 Å². The lowest BCUT2D eigenvalue weighted by Gasteiger charge is -2.11. The lowest BCUT2D eigenvalue weighted by molar-refractivity contribution is -0.142. The molecule has 1 amide bonds. The normalized spacial score (nSPS) is 12.0. The first-order valence-electron chi connectivity index (χ1n) is 6.31. The van der Waals surface area contributed by atoms with E-state index in [0.29, 0.717) is 11.0 Å². The van der Waals surface area contributed by atoms with Crippen molar-refractivity contribution in [3.05, 3.63) is 39.8 Å². The van der Waals surface area contributed by atoms with Crippen molar-refractivity contribution in [1.82, 2.24) is 15.3 Å². The Balaban J connectivity index is 2.37. The molecule has 7 heteroatoms. The third kappa shape index (κ3) is 2.91. The van der Waals surface area contributed by atoms with Crippen molar-refractivity contribution >= 4 is 22.9 Å².